The van der Waals surface area contributed by atoms with Crippen LogP contribution < -0.4 is 5.73 Å². The van der Waals surface area contributed by atoms with Crippen molar-refractivity contribution in [1.82, 2.24) is 0 Å². The summed E-state index contributed by atoms with van der Waals surface area (Å²) in [4.78, 5) is 4.16. The van der Waals surface area contributed by atoms with Crippen LogP contribution in [0.1, 0.15) is 18.9 Å². The van der Waals surface area contributed by atoms with E-state index < -0.39 is 0 Å². The minimum Gasteiger partial charge on any atom is -0.387 e. The largest absolute Gasteiger partial charge is 0.387 e. The van der Waals surface area contributed by atoms with Crippen molar-refractivity contribution in [3.8, 4) is 0 Å². The summed E-state index contributed by atoms with van der Waals surface area (Å²) < 4.78 is 12.5. The van der Waals surface area contributed by atoms with Crippen molar-refractivity contribution >= 4 is 5.84 Å². The second-order valence-corrected chi connectivity index (χ2v) is 3.10. The third-order valence-electron chi connectivity index (χ3n) is 1.99. The van der Waals surface area contributed by atoms with Crippen molar-refractivity contribution in [2.24, 2.45) is 10.7 Å². The lowest BCUT2D eigenvalue weighted by molar-refractivity contribution is 0.627. The number of aliphatic imine (C=N–C) groups is 1. The molecule has 3 heteroatoms. The first-order valence-electron chi connectivity index (χ1n) is 4.75. The molecule has 2 nitrogen and oxygen atoms in total. The summed E-state index contributed by atoms with van der Waals surface area (Å²) in [6.45, 7) is 2.64. The standard InChI is InChI=1S/C11H15FN2/c1-2-11(13)14-8-7-9-3-5-10(12)6-4-9/h3-6H,2,7-8H2,1H3,(H2,13,14). The molecule has 0 saturated carbocycles. The fraction of sp³-hybridized carbons (Fsp3) is 0.364. The van der Waals surface area contributed by atoms with E-state index in [1.807, 2.05) is 6.92 Å². The van der Waals surface area contributed by atoms with Gasteiger partial charge in [-0.05, 0) is 24.1 Å². The number of hydrogen-bond acceptors (Lipinski definition) is 1. The van der Waals surface area contributed by atoms with Crippen LogP contribution in [-0.2, 0) is 6.42 Å². The Balaban J connectivity index is 2.42. The topological polar surface area (TPSA) is 38.4 Å². The third kappa shape index (κ3) is 3.56. The highest BCUT2D eigenvalue weighted by Crippen LogP contribution is 2.03. The van der Waals surface area contributed by atoms with Gasteiger partial charge in [-0.25, -0.2) is 4.39 Å². The Labute approximate surface area is 83.7 Å². The molecule has 0 spiro atoms. The number of hydrogen-bond donors (Lipinski definition) is 1. The average Bonchev–Trinajstić information content (AvgIpc) is 2.21. The van der Waals surface area contributed by atoms with E-state index >= 15 is 0 Å². The van der Waals surface area contributed by atoms with Crippen molar-refractivity contribution in [2.45, 2.75) is 19.8 Å². The molecular formula is C11H15FN2. The molecular weight excluding hydrogens is 179 g/mol. The van der Waals surface area contributed by atoms with Crippen molar-refractivity contribution in [3.05, 3.63) is 35.6 Å². The zero-order valence-corrected chi connectivity index (χ0v) is 8.33. The highest BCUT2D eigenvalue weighted by atomic mass is 19.1. The Morgan fingerprint density at radius 2 is 2.00 bits per heavy atom. The van der Waals surface area contributed by atoms with Gasteiger partial charge in [-0.1, -0.05) is 19.1 Å². The van der Waals surface area contributed by atoms with Gasteiger partial charge in [-0.2, -0.15) is 0 Å². The summed E-state index contributed by atoms with van der Waals surface area (Å²) in [6, 6.07) is 6.46. The first-order chi connectivity index (χ1) is 6.72. The monoisotopic (exact) mass is 194 g/mol. The number of rotatable bonds is 4. The van der Waals surface area contributed by atoms with Crippen LogP contribution in [0.4, 0.5) is 4.39 Å². The molecule has 0 saturated heterocycles. The fourth-order valence-electron chi connectivity index (χ4n) is 1.09. The van der Waals surface area contributed by atoms with Crippen LogP contribution in [0.25, 0.3) is 0 Å². The van der Waals surface area contributed by atoms with Crippen LogP contribution in [0.2, 0.25) is 0 Å². The van der Waals surface area contributed by atoms with E-state index in [1.165, 1.54) is 12.1 Å². The Morgan fingerprint density at radius 1 is 1.36 bits per heavy atom. The van der Waals surface area contributed by atoms with Crippen LogP contribution in [-0.4, -0.2) is 12.4 Å². The molecule has 0 radical (unpaired) electrons. The fourth-order valence-corrected chi connectivity index (χ4v) is 1.09. The molecule has 0 fully saturated rings. The molecule has 0 aromatic heterocycles. The summed E-state index contributed by atoms with van der Waals surface area (Å²) in [5.41, 5.74) is 6.63. The zero-order valence-electron chi connectivity index (χ0n) is 8.33. The van der Waals surface area contributed by atoms with Gasteiger partial charge in [0, 0.05) is 13.0 Å². The molecule has 0 aliphatic heterocycles. The zero-order chi connectivity index (χ0) is 10.4. The number of halogens is 1. The molecule has 14 heavy (non-hydrogen) atoms. The van der Waals surface area contributed by atoms with Crippen molar-refractivity contribution < 1.29 is 4.39 Å². The van der Waals surface area contributed by atoms with Gasteiger partial charge in [0.15, 0.2) is 0 Å². The summed E-state index contributed by atoms with van der Waals surface area (Å²) in [5.74, 6) is 0.470. The lowest BCUT2D eigenvalue weighted by atomic mass is 10.1. The lowest BCUT2D eigenvalue weighted by Gasteiger charge is -1.99. The summed E-state index contributed by atoms with van der Waals surface area (Å²) in [7, 11) is 0. The second kappa shape index (κ2) is 5.37. The maximum Gasteiger partial charge on any atom is 0.123 e. The quantitative estimate of drug-likeness (QED) is 0.578. The number of nitrogens with zero attached hydrogens (tertiary/aromatic N) is 1. The van der Waals surface area contributed by atoms with Crippen molar-refractivity contribution in [3.63, 3.8) is 0 Å². The summed E-state index contributed by atoms with van der Waals surface area (Å²) >= 11 is 0. The molecule has 0 atom stereocenters. The first-order valence-corrected chi connectivity index (χ1v) is 4.75. The van der Waals surface area contributed by atoms with E-state index in [1.54, 1.807) is 12.1 Å². The van der Waals surface area contributed by atoms with Gasteiger partial charge >= 0.3 is 0 Å². The maximum atomic E-state index is 12.5. The maximum absolute atomic E-state index is 12.5. The van der Waals surface area contributed by atoms with Crippen LogP contribution in [0.3, 0.4) is 0 Å². The van der Waals surface area contributed by atoms with E-state index in [-0.39, 0.29) is 5.82 Å². The third-order valence-corrected chi connectivity index (χ3v) is 1.99. The Morgan fingerprint density at radius 3 is 2.57 bits per heavy atom. The molecule has 1 rings (SSSR count). The minimum absolute atomic E-state index is 0.203. The van der Waals surface area contributed by atoms with E-state index in [0.29, 0.717) is 12.4 Å². The van der Waals surface area contributed by atoms with E-state index in [9.17, 15) is 4.39 Å². The average molecular weight is 194 g/mol. The SMILES string of the molecule is CCC(N)=NCCc1ccc(F)cc1. The van der Waals surface area contributed by atoms with Gasteiger partial charge in [-0.3, -0.25) is 4.99 Å². The highest BCUT2D eigenvalue weighted by Gasteiger charge is 1.93. The summed E-state index contributed by atoms with van der Waals surface area (Å²) in [6.07, 6.45) is 1.59. The van der Waals surface area contributed by atoms with Gasteiger partial charge in [0.1, 0.15) is 5.82 Å². The molecule has 0 unspecified atom stereocenters. The Kier molecular flexibility index (Phi) is 4.11. The van der Waals surface area contributed by atoms with Crippen LogP contribution >= 0.6 is 0 Å². The van der Waals surface area contributed by atoms with Crippen molar-refractivity contribution in [1.29, 1.82) is 0 Å². The minimum atomic E-state index is -0.203. The molecule has 1 aromatic carbocycles. The van der Waals surface area contributed by atoms with Crippen molar-refractivity contribution in [2.75, 3.05) is 6.54 Å². The molecule has 0 aliphatic carbocycles. The summed E-state index contributed by atoms with van der Waals surface area (Å²) in [5, 5.41) is 0. The number of benzene rings is 1. The molecule has 0 amide bonds. The smallest absolute Gasteiger partial charge is 0.123 e. The van der Waals surface area contributed by atoms with Gasteiger partial charge in [0.05, 0.1) is 5.84 Å². The molecule has 0 heterocycles. The van der Waals surface area contributed by atoms with Gasteiger partial charge in [0.25, 0.3) is 0 Å². The first kappa shape index (κ1) is 10.7. The van der Waals surface area contributed by atoms with Gasteiger partial charge in [-0.15, -0.1) is 0 Å². The second-order valence-electron chi connectivity index (χ2n) is 3.10. The Bertz CT molecular complexity index is 304. The molecule has 2 N–H and O–H groups in total. The predicted molar refractivity (Wildman–Crippen MR) is 56.9 cm³/mol. The molecule has 0 aliphatic rings. The normalized spacial score (nSPS) is 11.7. The number of nitrogens with two attached hydrogens (primary N) is 1. The molecule has 76 valence electrons. The molecule has 0 bridgehead atoms. The lowest BCUT2D eigenvalue weighted by Crippen LogP contribution is -2.10. The van der Waals surface area contributed by atoms with E-state index in [4.69, 9.17) is 5.73 Å². The molecule has 1 aromatic rings. The Hall–Kier alpha value is -1.38. The number of amidine groups is 1. The van der Waals surface area contributed by atoms with Crippen LogP contribution in [0.15, 0.2) is 29.3 Å². The highest BCUT2D eigenvalue weighted by molar-refractivity contribution is 5.79. The van der Waals surface area contributed by atoms with Crippen LogP contribution in [0.5, 0.6) is 0 Å². The van der Waals surface area contributed by atoms with Crippen LogP contribution in [0, 0.1) is 5.82 Å². The van der Waals surface area contributed by atoms with Gasteiger partial charge in [0.2, 0.25) is 0 Å². The predicted octanol–water partition coefficient (Wildman–Crippen LogP) is 2.14. The van der Waals surface area contributed by atoms with E-state index in [0.717, 1.165) is 18.4 Å². The van der Waals surface area contributed by atoms with Gasteiger partial charge < -0.3 is 5.73 Å². The van der Waals surface area contributed by atoms with E-state index in [2.05, 4.69) is 4.99 Å².